The van der Waals surface area contributed by atoms with Crippen molar-refractivity contribution >= 4 is 11.8 Å². The van der Waals surface area contributed by atoms with Gasteiger partial charge < -0.3 is 9.80 Å². The van der Waals surface area contributed by atoms with Gasteiger partial charge in [-0.15, -0.1) is 10.2 Å². The van der Waals surface area contributed by atoms with Gasteiger partial charge in [0.1, 0.15) is 12.4 Å². The van der Waals surface area contributed by atoms with E-state index in [1.165, 1.54) is 23.3 Å². The molecule has 0 radical (unpaired) electrons. The van der Waals surface area contributed by atoms with Crippen LogP contribution in [0.4, 0.5) is 4.39 Å². The highest BCUT2D eigenvalue weighted by Crippen LogP contribution is 2.21. The summed E-state index contributed by atoms with van der Waals surface area (Å²) in [5, 5.41) is 11.2. The second kappa shape index (κ2) is 8.24. The molecule has 8 nitrogen and oxygen atoms in total. The average Bonchev–Trinajstić information content (AvgIpc) is 3.08. The lowest BCUT2D eigenvalue weighted by Gasteiger charge is -2.34. The van der Waals surface area contributed by atoms with Crippen LogP contribution in [0.1, 0.15) is 25.8 Å². The first kappa shape index (κ1) is 18.9. The highest BCUT2D eigenvalue weighted by Gasteiger charge is 2.33. The molecule has 1 aliphatic rings. The van der Waals surface area contributed by atoms with Crippen LogP contribution in [0.2, 0.25) is 0 Å². The van der Waals surface area contributed by atoms with Crippen LogP contribution < -0.4 is 0 Å². The zero-order valence-electron chi connectivity index (χ0n) is 15.5. The lowest BCUT2D eigenvalue weighted by atomic mass is 10.0. The summed E-state index contributed by atoms with van der Waals surface area (Å²) in [5.74, 6) is -0.297. The predicted octanol–water partition coefficient (Wildman–Crippen LogP) is 1.10. The van der Waals surface area contributed by atoms with Gasteiger partial charge in [-0.05, 0) is 28.8 Å². The fraction of sp³-hybridized carbons (Fsp3) is 0.500. The average molecular weight is 374 g/mol. The molecule has 0 bridgehead atoms. The second-order valence-electron chi connectivity index (χ2n) is 7.02. The van der Waals surface area contributed by atoms with Gasteiger partial charge in [-0.1, -0.05) is 26.0 Å². The maximum Gasteiger partial charge on any atom is 0.246 e. The van der Waals surface area contributed by atoms with Gasteiger partial charge in [0, 0.05) is 26.1 Å². The Morgan fingerprint density at radius 3 is 2.67 bits per heavy atom. The number of halogens is 1. The van der Waals surface area contributed by atoms with E-state index in [4.69, 9.17) is 0 Å². The van der Waals surface area contributed by atoms with E-state index in [0.717, 1.165) is 5.56 Å². The number of carbonyl (C=O) groups is 2. The van der Waals surface area contributed by atoms with Crippen LogP contribution in [0.5, 0.6) is 0 Å². The van der Waals surface area contributed by atoms with E-state index in [2.05, 4.69) is 15.4 Å². The maximum atomic E-state index is 13.2. The van der Waals surface area contributed by atoms with Crippen LogP contribution in [0, 0.1) is 11.7 Å². The summed E-state index contributed by atoms with van der Waals surface area (Å²) in [5.41, 5.74) is 0.863. The Hall–Kier alpha value is -2.84. The molecule has 144 valence electrons. The lowest BCUT2D eigenvalue weighted by Crippen LogP contribution is -2.47. The zero-order valence-corrected chi connectivity index (χ0v) is 15.5. The summed E-state index contributed by atoms with van der Waals surface area (Å²) in [7, 11) is 0. The molecule has 2 heterocycles. The minimum atomic E-state index is -0.306. The fourth-order valence-corrected chi connectivity index (χ4v) is 3.25. The molecule has 0 aliphatic carbocycles. The van der Waals surface area contributed by atoms with E-state index in [-0.39, 0.29) is 42.6 Å². The Labute approximate surface area is 156 Å². The molecule has 0 N–H and O–H groups in total. The maximum absolute atomic E-state index is 13.2. The van der Waals surface area contributed by atoms with Gasteiger partial charge in [0.25, 0.3) is 0 Å². The minimum Gasteiger partial charge on any atom is -0.338 e. The number of benzene rings is 1. The second-order valence-corrected chi connectivity index (χ2v) is 7.02. The standard InChI is InChI=1S/C18H23FN6O2/c1-13(2)16-10-23(18(27)11-25-21-12-20-22-25)8-7-17(26)24(16)9-14-3-5-15(19)6-4-14/h3-6,12-13,16H,7-11H2,1-2H3. The first-order valence-electron chi connectivity index (χ1n) is 8.96. The van der Waals surface area contributed by atoms with Crippen molar-refractivity contribution in [1.82, 2.24) is 30.0 Å². The molecule has 0 saturated carbocycles. The van der Waals surface area contributed by atoms with Crippen LogP contribution in [0.25, 0.3) is 0 Å². The Balaban J connectivity index is 1.75. The lowest BCUT2D eigenvalue weighted by molar-refractivity contribution is -0.134. The smallest absolute Gasteiger partial charge is 0.246 e. The number of nitrogens with zero attached hydrogens (tertiary/aromatic N) is 6. The van der Waals surface area contributed by atoms with E-state index in [1.54, 1.807) is 21.9 Å². The third-order valence-corrected chi connectivity index (χ3v) is 4.78. The molecule has 1 aliphatic heterocycles. The zero-order chi connectivity index (χ0) is 19.4. The molecule has 1 unspecified atom stereocenters. The third-order valence-electron chi connectivity index (χ3n) is 4.78. The SMILES string of the molecule is CC(C)C1CN(C(=O)Cn2ncnn2)CCC(=O)N1Cc1ccc(F)cc1. The highest BCUT2D eigenvalue weighted by atomic mass is 19.1. The van der Waals surface area contributed by atoms with Gasteiger partial charge >= 0.3 is 0 Å². The first-order valence-corrected chi connectivity index (χ1v) is 8.96. The van der Waals surface area contributed by atoms with E-state index < -0.39 is 0 Å². The van der Waals surface area contributed by atoms with Crippen molar-refractivity contribution < 1.29 is 14.0 Å². The highest BCUT2D eigenvalue weighted by molar-refractivity contribution is 5.80. The Kier molecular flexibility index (Phi) is 5.78. The number of aromatic nitrogens is 4. The van der Waals surface area contributed by atoms with Crippen molar-refractivity contribution in [3.63, 3.8) is 0 Å². The van der Waals surface area contributed by atoms with Gasteiger partial charge in [-0.2, -0.15) is 4.80 Å². The van der Waals surface area contributed by atoms with Crippen molar-refractivity contribution in [2.24, 2.45) is 5.92 Å². The van der Waals surface area contributed by atoms with Crippen molar-refractivity contribution in [1.29, 1.82) is 0 Å². The Morgan fingerprint density at radius 1 is 1.30 bits per heavy atom. The third kappa shape index (κ3) is 4.66. The predicted molar refractivity (Wildman–Crippen MR) is 94.6 cm³/mol. The number of hydrogen-bond acceptors (Lipinski definition) is 5. The molecular formula is C18H23FN6O2. The van der Waals surface area contributed by atoms with Crippen molar-refractivity contribution in [3.05, 3.63) is 42.0 Å². The quantitative estimate of drug-likeness (QED) is 0.782. The Bertz CT molecular complexity index is 778. The number of tetrazole rings is 1. The van der Waals surface area contributed by atoms with Gasteiger partial charge in [-0.25, -0.2) is 4.39 Å². The van der Waals surface area contributed by atoms with Crippen LogP contribution in [0.3, 0.4) is 0 Å². The van der Waals surface area contributed by atoms with Crippen molar-refractivity contribution in [2.75, 3.05) is 13.1 Å². The van der Waals surface area contributed by atoms with E-state index >= 15 is 0 Å². The summed E-state index contributed by atoms with van der Waals surface area (Å²) in [6.07, 6.45) is 1.53. The molecule has 1 atom stereocenters. The molecule has 27 heavy (non-hydrogen) atoms. The van der Waals surface area contributed by atoms with Crippen LogP contribution in [0.15, 0.2) is 30.6 Å². The normalized spacial score (nSPS) is 18.1. The number of carbonyl (C=O) groups excluding carboxylic acids is 2. The number of rotatable bonds is 5. The van der Waals surface area contributed by atoms with E-state index in [9.17, 15) is 14.0 Å². The van der Waals surface area contributed by atoms with E-state index in [1.807, 2.05) is 13.8 Å². The molecule has 1 aromatic carbocycles. The van der Waals surface area contributed by atoms with Gasteiger partial charge in [0.2, 0.25) is 11.8 Å². The monoisotopic (exact) mass is 374 g/mol. The van der Waals surface area contributed by atoms with Crippen LogP contribution >= 0.6 is 0 Å². The Morgan fingerprint density at radius 2 is 2.04 bits per heavy atom. The fourth-order valence-electron chi connectivity index (χ4n) is 3.25. The summed E-state index contributed by atoms with van der Waals surface area (Å²) >= 11 is 0. The van der Waals surface area contributed by atoms with Crippen molar-refractivity contribution in [3.8, 4) is 0 Å². The van der Waals surface area contributed by atoms with Crippen LogP contribution in [-0.2, 0) is 22.7 Å². The van der Waals surface area contributed by atoms with Crippen LogP contribution in [-0.4, -0.2) is 61.0 Å². The molecule has 1 saturated heterocycles. The molecule has 1 aromatic heterocycles. The topological polar surface area (TPSA) is 84.2 Å². The molecule has 2 amide bonds. The summed E-state index contributed by atoms with van der Waals surface area (Å²) in [6, 6.07) is 6.03. The number of amides is 2. The van der Waals surface area contributed by atoms with Gasteiger partial charge in [0.05, 0.1) is 6.04 Å². The molecule has 2 aromatic rings. The molecule has 3 rings (SSSR count). The van der Waals surface area contributed by atoms with Gasteiger partial charge in [0.15, 0.2) is 6.33 Å². The van der Waals surface area contributed by atoms with E-state index in [0.29, 0.717) is 19.6 Å². The molecular weight excluding hydrogens is 351 g/mol. The molecule has 0 spiro atoms. The molecule has 1 fully saturated rings. The first-order chi connectivity index (χ1) is 12.9. The van der Waals surface area contributed by atoms with Crippen molar-refractivity contribution in [2.45, 2.75) is 39.4 Å². The summed E-state index contributed by atoms with van der Waals surface area (Å²) < 4.78 is 13.2. The molecule has 9 heteroatoms. The minimum absolute atomic E-state index is 0.00301. The number of hydrogen-bond donors (Lipinski definition) is 0. The summed E-state index contributed by atoms with van der Waals surface area (Å²) in [6.45, 7) is 5.25. The largest absolute Gasteiger partial charge is 0.338 e. The summed E-state index contributed by atoms with van der Waals surface area (Å²) in [4.78, 5) is 30.1. The van der Waals surface area contributed by atoms with Gasteiger partial charge in [-0.3, -0.25) is 9.59 Å².